The van der Waals surface area contributed by atoms with E-state index < -0.39 is 23.7 Å². The number of carboxylic acid groups (broad SMARTS) is 1. The maximum atomic E-state index is 13.4. The topological polar surface area (TPSA) is 83.6 Å². The zero-order valence-corrected chi connectivity index (χ0v) is 10.3. The van der Waals surface area contributed by atoms with Crippen LogP contribution in [-0.2, 0) is 4.79 Å². The summed E-state index contributed by atoms with van der Waals surface area (Å²) < 4.78 is 13.4. The lowest BCUT2D eigenvalue weighted by atomic mass is 10.0. The summed E-state index contributed by atoms with van der Waals surface area (Å²) in [5.41, 5.74) is 5.44. The second-order valence-electron chi connectivity index (χ2n) is 4.58. The Morgan fingerprint density at radius 1 is 1.37 bits per heavy atom. The first-order valence-electron chi connectivity index (χ1n) is 6.09. The zero-order chi connectivity index (χ0) is 14.0. The number of anilines is 1. The first-order chi connectivity index (χ1) is 9.00. The van der Waals surface area contributed by atoms with Gasteiger partial charge in [-0.1, -0.05) is 0 Å². The summed E-state index contributed by atoms with van der Waals surface area (Å²) in [4.78, 5) is 24.7. The maximum Gasteiger partial charge on any atom is 0.326 e. The molecule has 0 radical (unpaired) electrons. The maximum absolute atomic E-state index is 13.4. The summed E-state index contributed by atoms with van der Waals surface area (Å²) in [5.74, 6) is -2.16. The third-order valence-corrected chi connectivity index (χ3v) is 3.30. The minimum atomic E-state index is -1.02. The number of likely N-dealkylation sites (tertiary alicyclic amines) is 1. The van der Waals surface area contributed by atoms with Crippen molar-refractivity contribution in [3.63, 3.8) is 0 Å². The second kappa shape index (κ2) is 5.26. The van der Waals surface area contributed by atoms with E-state index >= 15 is 0 Å². The van der Waals surface area contributed by atoms with Gasteiger partial charge in [-0.15, -0.1) is 0 Å². The van der Waals surface area contributed by atoms with Crippen LogP contribution in [0.15, 0.2) is 18.2 Å². The Morgan fingerprint density at radius 3 is 2.74 bits per heavy atom. The molecule has 0 aliphatic carbocycles. The second-order valence-corrected chi connectivity index (χ2v) is 4.58. The van der Waals surface area contributed by atoms with Crippen molar-refractivity contribution in [3.8, 4) is 0 Å². The van der Waals surface area contributed by atoms with E-state index in [1.54, 1.807) is 0 Å². The highest BCUT2D eigenvalue weighted by atomic mass is 19.1. The van der Waals surface area contributed by atoms with E-state index in [9.17, 15) is 14.0 Å². The van der Waals surface area contributed by atoms with Crippen LogP contribution in [0.25, 0.3) is 0 Å². The summed E-state index contributed by atoms with van der Waals surface area (Å²) in [6, 6.07) is 2.93. The molecule has 19 heavy (non-hydrogen) atoms. The molecule has 3 N–H and O–H groups in total. The van der Waals surface area contributed by atoms with Gasteiger partial charge in [-0.05, 0) is 37.5 Å². The van der Waals surface area contributed by atoms with E-state index in [1.807, 2.05) is 0 Å². The molecule has 102 valence electrons. The van der Waals surface area contributed by atoms with Crippen molar-refractivity contribution in [1.29, 1.82) is 0 Å². The largest absolute Gasteiger partial charge is 0.480 e. The van der Waals surface area contributed by atoms with Crippen LogP contribution in [-0.4, -0.2) is 34.5 Å². The van der Waals surface area contributed by atoms with Crippen molar-refractivity contribution in [2.75, 3.05) is 12.3 Å². The zero-order valence-electron chi connectivity index (χ0n) is 10.3. The van der Waals surface area contributed by atoms with Gasteiger partial charge in [0.1, 0.15) is 11.9 Å². The average Bonchev–Trinajstić information content (AvgIpc) is 2.41. The van der Waals surface area contributed by atoms with Crippen molar-refractivity contribution >= 4 is 17.6 Å². The fourth-order valence-corrected chi connectivity index (χ4v) is 2.26. The Labute approximate surface area is 109 Å². The first-order valence-corrected chi connectivity index (χ1v) is 6.09. The van der Waals surface area contributed by atoms with Gasteiger partial charge >= 0.3 is 5.97 Å². The molecule has 0 aromatic heterocycles. The molecule has 1 fully saturated rings. The number of carboxylic acids is 1. The Hall–Kier alpha value is -2.11. The van der Waals surface area contributed by atoms with Gasteiger partial charge < -0.3 is 15.7 Å². The van der Waals surface area contributed by atoms with Crippen molar-refractivity contribution in [2.24, 2.45) is 0 Å². The van der Waals surface area contributed by atoms with E-state index in [0.717, 1.165) is 18.9 Å². The number of piperidine rings is 1. The molecular formula is C13H15FN2O3. The number of halogens is 1. The predicted octanol–water partition coefficient (Wildman–Crippen LogP) is 1.49. The molecule has 1 aromatic rings. The molecule has 2 rings (SSSR count). The van der Waals surface area contributed by atoms with Crippen molar-refractivity contribution in [2.45, 2.75) is 25.3 Å². The lowest BCUT2D eigenvalue weighted by Gasteiger charge is -2.33. The molecule has 1 aliphatic rings. The summed E-state index contributed by atoms with van der Waals surface area (Å²) in [6.07, 6.45) is 1.96. The highest BCUT2D eigenvalue weighted by Gasteiger charge is 2.32. The normalized spacial score (nSPS) is 19.2. The molecule has 0 spiro atoms. The molecule has 6 heteroatoms. The Kier molecular flexibility index (Phi) is 3.69. The number of carbonyl (C=O) groups is 2. The van der Waals surface area contributed by atoms with Crippen LogP contribution in [0.1, 0.15) is 29.6 Å². The quantitative estimate of drug-likeness (QED) is 0.794. The number of aliphatic carboxylic acids is 1. The molecule has 1 saturated heterocycles. The molecule has 1 aliphatic heterocycles. The number of hydrogen-bond acceptors (Lipinski definition) is 3. The van der Waals surface area contributed by atoms with Crippen LogP contribution < -0.4 is 5.73 Å². The van der Waals surface area contributed by atoms with Crippen LogP contribution in [0, 0.1) is 5.82 Å². The highest BCUT2D eigenvalue weighted by Crippen LogP contribution is 2.21. The van der Waals surface area contributed by atoms with Gasteiger partial charge in [0.05, 0.1) is 5.69 Å². The van der Waals surface area contributed by atoms with Crippen LogP contribution in [0.5, 0.6) is 0 Å². The van der Waals surface area contributed by atoms with Crippen molar-refractivity contribution in [1.82, 2.24) is 4.90 Å². The Bertz CT molecular complexity index is 519. The van der Waals surface area contributed by atoms with Crippen LogP contribution in [0.4, 0.5) is 10.1 Å². The van der Waals surface area contributed by atoms with E-state index in [2.05, 4.69) is 0 Å². The molecule has 1 atom stereocenters. The third kappa shape index (κ3) is 2.67. The van der Waals surface area contributed by atoms with Gasteiger partial charge in [-0.25, -0.2) is 9.18 Å². The molecule has 1 aromatic carbocycles. The number of benzene rings is 1. The summed E-state index contributed by atoms with van der Waals surface area (Å²) >= 11 is 0. The SMILES string of the molecule is Nc1ccc(C(=O)N2CCCC[C@@H]2C(=O)O)cc1F. The van der Waals surface area contributed by atoms with Crippen molar-refractivity contribution < 1.29 is 19.1 Å². The molecule has 0 bridgehead atoms. The highest BCUT2D eigenvalue weighted by molar-refractivity contribution is 5.97. The monoisotopic (exact) mass is 266 g/mol. The summed E-state index contributed by atoms with van der Waals surface area (Å²) in [6.45, 7) is 0.377. The minimum Gasteiger partial charge on any atom is -0.480 e. The fraction of sp³-hybridized carbons (Fsp3) is 0.385. The van der Waals surface area contributed by atoms with E-state index in [4.69, 9.17) is 10.8 Å². The van der Waals surface area contributed by atoms with Gasteiger partial charge in [0.15, 0.2) is 0 Å². The van der Waals surface area contributed by atoms with E-state index in [1.165, 1.54) is 17.0 Å². The first kappa shape index (κ1) is 13.3. The number of nitrogens with two attached hydrogens (primary N) is 1. The van der Waals surface area contributed by atoms with Gasteiger partial charge in [-0.2, -0.15) is 0 Å². The van der Waals surface area contributed by atoms with Gasteiger partial charge in [0.25, 0.3) is 5.91 Å². The standard InChI is InChI=1S/C13H15FN2O3/c14-9-7-8(4-5-10(9)15)12(17)16-6-2-1-3-11(16)13(18)19/h4-5,7,11H,1-3,6,15H2,(H,18,19)/t11-/m1/s1. The number of nitrogen functional groups attached to an aromatic ring is 1. The van der Waals surface area contributed by atoms with Crippen LogP contribution in [0.2, 0.25) is 0 Å². The minimum absolute atomic E-state index is 0.0371. The van der Waals surface area contributed by atoms with Crippen molar-refractivity contribution in [3.05, 3.63) is 29.6 Å². The molecule has 0 saturated carbocycles. The molecule has 0 unspecified atom stereocenters. The third-order valence-electron chi connectivity index (χ3n) is 3.30. The molecule has 1 heterocycles. The number of amides is 1. The fourth-order valence-electron chi connectivity index (χ4n) is 2.26. The number of carbonyl (C=O) groups excluding carboxylic acids is 1. The van der Waals surface area contributed by atoms with Gasteiger partial charge in [-0.3, -0.25) is 4.79 Å². The Morgan fingerprint density at radius 2 is 2.11 bits per heavy atom. The number of hydrogen-bond donors (Lipinski definition) is 2. The van der Waals surface area contributed by atoms with Crippen LogP contribution in [0.3, 0.4) is 0 Å². The molecule has 5 nitrogen and oxygen atoms in total. The number of nitrogens with zero attached hydrogens (tertiary/aromatic N) is 1. The van der Waals surface area contributed by atoms with E-state index in [0.29, 0.717) is 13.0 Å². The summed E-state index contributed by atoms with van der Waals surface area (Å²) in [5, 5.41) is 9.12. The van der Waals surface area contributed by atoms with E-state index in [-0.39, 0.29) is 11.3 Å². The average molecular weight is 266 g/mol. The van der Waals surface area contributed by atoms with Crippen LogP contribution >= 0.6 is 0 Å². The van der Waals surface area contributed by atoms with Gasteiger partial charge in [0, 0.05) is 12.1 Å². The lowest BCUT2D eigenvalue weighted by Crippen LogP contribution is -2.48. The predicted molar refractivity (Wildman–Crippen MR) is 67.1 cm³/mol. The molecular weight excluding hydrogens is 251 g/mol. The van der Waals surface area contributed by atoms with Gasteiger partial charge in [0.2, 0.25) is 0 Å². The molecule has 1 amide bonds. The lowest BCUT2D eigenvalue weighted by molar-refractivity contribution is -0.143. The Balaban J connectivity index is 2.26. The smallest absolute Gasteiger partial charge is 0.326 e. The number of rotatable bonds is 2. The summed E-state index contributed by atoms with van der Waals surface area (Å²) in [7, 11) is 0.